The minimum Gasteiger partial charge on any atom is -0.298 e. The normalized spacial score (nSPS) is 13.0. The lowest BCUT2D eigenvalue weighted by Gasteiger charge is -2.25. The number of carbonyl (C=O) groups excluding carboxylic acids is 3. The molecule has 0 bridgehead atoms. The number of benzene rings is 3. The Bertz CT molecular complexity index is 1210. The molecule has 0 radical (unpaired) electrons. The topological polar surface area (TPSA) is 78.5 Å². The molecule has 3 aromatic rings. The van der Waals surface area contributed by atoms with Crippen LogP contribution in [0.1, 0.15) is 81.7 Å². The summed E-state index contributed by atoms with van der Waals surface area (Å²) in [6.45, 7) is 8.15. The number of imide groups is 1. The molecule has 0 atom stereocenters. The van der Waals surface area contributed by atoms with Crippen LogP contribution in [0.2, 0.25) is 0 Å². The highest BCUT2D eigenvalue weighted by molar-refractivity contribution is 6.36. The van der Waals surface area contributed by atoms with Gasteiger partial charge >= 0.3 is 0 Å². The summed E-state index contributed by atoms with van der Waals surface area (Å²) in [5, 5.41) is 0. The average Bonchev–Trinajstić information content (AvgIpc) is 3.07. The third-order valence-corrected chi connectivity index (χ3v) is 5.82. The fraction of sp³-hybridized carbons (Fsp3) is 0.222. The van der Waals surface area contributed by atoms with E-state index in [-0.39, 0.29) is 28.5 Å². The van der Waals surface area contributed by atoms with Crippen LogP contribution in [0.5, 0.6) is 0 Å². The summed E-state index contributed by atoms with van der Waals surface area (Å²) >= 11 is 0. The molecule has 33 heavy (non-hydrogen) atoms. The van der Waals surface area contributed by atoms with Gasteiger partial charge < -0.3 is 0 Å². The van der Waals surface area contributed by atoms with Gasteiger partial charge in [-0.05, 0) is 47.2 Å². The molecule has 1 heterocycles. The lowest BCUT2D eigenvalue weighted by molar-refractivity contribution is 0.0912. The van der Waals surface area contributed by atoms with Crippen LogP contribution in [-0.2, 0) is 0 Å². The Morgan fingerprint density at radius 1 is 0.758 bits per heavy atom. The van der Waals surface area contributed by atoms with Gasteiger partial charge in [-0.1, -0.05) is 70.2 Å². The van der Waals surface area contributed by atoms with E-state index in [0.29, 0.717) is 11.4 Å². The van der Waals surface area contributed by atoms with Gasteiger partial charge in [-0.3, -0.25) is 25.2 Å². The third-order valence-electron chi connectivity index (χ3n) is 5.82. The van der Waals surface area contributed by atoms with Crippen molar-refractivity contribution in [2.75, 3.05) is 10.3 Å². The first-order chi connectivity index (χ1) is 15.8. The van der Waals surface area contributed by atoms with E-state index in [1.165, 1.54) is 4.90 Å². The number of hydrazine groups is 1. The Hall–Kier alpha value is -3.93. The lowest BCUT2D eigenvalue weighted by Crippen LogP contribution is -2.33. The first kappa shape index (κ1) is 22.3. The number of carbonyl (C=O) groups is 3. The molecule has 3 amide bonds. The summed E-state index contributed by atoms with van der Waals surface area (Å²) in [4.78, 5) is 41.3. The number of nitrogens with zero attached hydrogens (tertiary/aromatic N) is 1. The molecule has 6 heteroatoms. The van der Waals surface area contributed by atoms with Crippen LogP contribution in [0.3, 0.4) is 0 Å². The van der Waals surface area contributed by atoms with Gasteiger partial charge in [0.05, 0.1) is 28.1 Å². The lowest BCUT2D eigenvalue weighted by atomic mass is 9.92. The number of amides is 3. The van der Waals surface area contributed by atoms with Gasteiger partial charge in [-0.25, -0.2) is 4.90 Å². The van der Waals surface area contributed by atoms with Gasteiger partial charge in [0.1, 0.15) is 0 Å². The van der Waals surface area contributed by atoms with Gasteiger partial charge in [0, 0.05) is 0 Å². The summed E-state index contributed by atoms with van der Waals surface area (Å²) in [5.41, 5.74) is 9.16. The Labute approximate surface area is 193 Å². The maximum atomic E-state index is 13.7. The van der Waals surface area contributed by atoms with Gasteiger partial charge in [-0.2, -0.15) is 0 Å². The van der Waals surface area contributed by atoms with Crippen molar-refractivity contribution in [1.82, 2.24) is 5.43 Å². The van der Waals surface area contributed by atoms with Gasteiger partial charge in [0.2, 0.25) is 0 Å². The molecule has 0 aliphatic carbocycles. The van der Waals surface area contributed by atoms with E-state index in [9.17, 15) is 14.4 Å². The molecule has 3 aromatic carbocycles. The largest absolute Gasteiger partial charge is 0.298 e. The predicted molar refractivity (Wildman–Crippen MR) is 130 cm³/mol. The Balaban J connectivity index is 1.74. The van der Waals surface area contributed by atoms with E-state index in [1.54, 1.807) is 18.2 Å². The minimum atomic E-state index is -0.486. The van der Waals surface area contributed by atoms with Gasteiger partial charge in [0.25, 0.3) is 17.7 Å². The molecule has 0 saturated heterocycles. The fourth-order valence-electron chi connectivity index (χ4n) is 4.17. The number of anilines is 2. The first-order valence-corrected chi connectivity index (χ1v) is 11.1. The predicted octanol–water partition coefficient (Wildman–Crippen LogP) is 5.49. The van der Waals surface area contributed by atoms with Crippen molar-refractivity contribution < 1.29 is 14.4 Å². The van der Waals surface area contributed by atoms with Gasteiger partial charge in [-0.15, -0.1) is 0 Å². The Morgan fingerprint density at radius 2 is 1.36 bits per heavy atom. The van der Waals surface area contributed by atoms with E-state index in [2.05, 4.69) is 10.9 Å². The van der Waals surface area contributed by atoms with E-state index < -0.39 is 17.7 Å². The second-order valence-electron chi connectivity index (χ2n) is 8.71. The zero-order valence-electron chi connectivity index (χ0n) is 19.2. The number of rotatable bonds is 6. The van der Waals surface area contributed by atoms with Crippen molar-refractivity contribution in [2.24, 2.45) is 0 Å². The van der Waals surface area contributed by atoms with Crippen LogP contribution in [0.4, 0.5) is 11.4 Å². The van der Waals surface area contributed by atoms with E-state index >= 15 is 0 Å². The van der Waals surface area contributed by atoms with Crippen LogP contribution in [0.15, 0.2) is 66.7 Å². The molecule has 168 valence electrons. The third kappa shape index (κ3) is 4.00. The SMILES string of the molecule is CC(C)c1cccc(C(C)C)c1N1C(=O)c2cccc(C(=O)NNc3ccccc3)c2C1=O. The molecule has 6 nitrogen and oxygen atoms in total. The second-order valence-corrected chi connectivity index (χ2v) is 8.71. The highest BCUT2D eigenvalue weighted by atomic mass is 16.2. The maximum Gasteiger partial charge on any atom is 0.270 e. The van der Waals surface area contributed by atoms with Crippen molar-refractivity contribution in [1.29, 1.82) is 0 Å². The molecule has 0 fully saturated rings. The number of nitrogens with one attached hydrogen (secondary N) is 2. The quantitative estimate of drug-likeness (QED) is 0.392. The molecular weight excluding hydrogens is 414 g/mol. The monoisotopic (exact) mass is 441 g/mol. The van der Waals surface area contributed by atoms with Crippen molar-refractivity contribution in [2.45, 2.75) is 39.5 Å². The zero-order chi connectivity index (χ0) is 23.7. The van der Waals surface area contributed by atoms with E-state index in [0.717, 1.165) is 11.1 Å². The number of fused-ring (bicyclic) bond motifs is 1. The Kier molecular flexibility index (Phi) is 6.01. The minimum absolute atomic E-state index is 0.112. The summed E-state index contributed by atoms with van der Waals surface area (Å²) in [5.74, 6) is -1.15. The molecule has 0 saturated carbocycles. The maximum absolute atomic E-state index is 13.7. The molecule has 1 aliphatic heterocycles. The summed E-state index contributed by atoms with van der Waals surface area (Å²) < 4.78 is 0. The van der Waals surface area contributed by atoms with Crippen LogP contribution in [-0.4, -0.2) is 17.7 Å². The van der Waals surface area contributed by atoms with Crippen molar-refractivity contribution in [3.05, 3.63) is 94.5 Å². The first-order valence-electron chi connectivity index (χ1n) is 11.1. The van der Waals surface area contributed by atoms with Crippen LogP contribution in [0.25, 0.3) is 0 Å². The molecule has 4 rings (SSSR count). The molecule has 0 spiro atoms. The van der Waals surface area contributed by atoms with E-state index in [4.69, 9.17) is 0 Å². The highest BCUT2D eigenvalue weighted by Gasteiger charge is 2.41. The summed E-state index contributed by atoms with van der Waals surface area (Å²) in [6.07, 6.45) is 0. The standard InChI is InChI=1S/C27H27N3O3/c1-16(2)19-12-8-13-20(17(3)4)24(19)30-26(32)22-15-9-14-21(23(22)27(30)33)25(31)29-28-18-10-6-5-7-11-18/h5-17,28H,1-4H3,(H,29,31). The molecule has 0 aromatic heterocycles. The average molecular weight is 442 g/mol. The molecule has 2 N–H and O–H groups in total. The van der Waals surface area contributed by atoms with Crippen LogP contribution in [0, 0.1) is 0 Å². The number of hydrogen-bond acceptors (Lipinski definition) is 4. The van der Waals surface area contributed by atoms with Gasteiger partial charge in [0.15, 0.2) is 0 Å². The molecule has 1 aliphatic rings. The number of para-hydroxylation sites is 2. The summed E-state index contributed by atoms with van der Waals surface area (Å²) in [6, 6.07) is 19.8. The van der Waals surface area contributed by atoms with Crippen molar-refractivity contribution in [3.63, 3.8) is 0 Å². The van der Waals surface area contributed by atoms with Crippen LogP contribution < -0.4 is 15.8 Å². The fourth-order valence-corrected chi connectivity index (χ4v) is 4.17. The zero-order valence-corrected chi connectivity index (χ0v) is 19.2. The Morgan fingerprint density at radius 3 is 1.97 bits per heavy atom. The smallest absolute Gasteiger partial charge is 0.270 e. The van der Waals surface area contributed by atoms with Crippen molar-refractivity contribution >= 4 is 29.1 Å². The number of hydrogen-bond donors (Lipinski definition) is 2. The van der Waals surface area contributed by atoms with Crippen molar-refractivity contribution in [3.8, 4) is 0 Å². The second kappa shape index (κ2) is 8.90. The van der Waals surface area contributed by atoms with Crippen LogP contribution >= 0.6 is 0 Å². The van der Waals surface area contributed by atoms with E-state index in [1.807, 2.05) is 76.2 Å². The molecule has 0 unspecified atom stereocenters. The molecular formula is C27H27N3O3. The highest BCUT2D eigenvalue weighted by Crippen LogP contribution is 2.40. The summed E-state index contributed by atoms with van der Waals surface area (Å²) in [7, 11) is 0.